The van der Waals surface area contributed by atoms with E-state index >= 15 is 0 Å². The summed E-state index contributed by atoms with van der Waals surface area (Å²) in [5.41, 5.74) is -0.444. The molecule has 0 atom stereocenters. The second kappa shape index (κ2) is 6.39. The molecule has 0 aliphatic rings. The molecule has 0 saturated heterocycles. The second-order valence-electron chi connectivity index (χ2n) is 4.07. The van der Waals surface area contributed by atoms with E-state index in [2.05, 4.69) is 15.9 Å². The van der Waals surface area contributed by atoms with E-state index in [0.29, 0.717) is 6.42 Å². The first-order chi connectivity index (χ1) is 9.09. The smallest absolute Gasteiger partial charge is 0.168 e. The van der Waals surface area contributed by atoms with E-state index in [0.717, 1.165) is 12.5 Å². The van der Waals surface area contributed by atoms with Crippen molar-refractivity contribution in [2.24, 2.45) is 0 Å². The zero-order chi connectivity index (χ0) is 13.8. The van der Waals surface area contributed by atoms with Gasteiger partial charge in [0.05, 0.1) is 10.0 Å². The molecule has 0 aliphatic heterocycles. The Kier molecular flexibility index (Phi) is 4.82. The highest BCUT2D eigenvalue weighted by Gasteiger charge is 2.19. The third-order valence-electron chi connectivity index (χ3n) is 2.73. The molecule has 2 aromatic rings. The predicted molar refractivity (Wildman–Crippen MR) is 75.6 cm³/mol. The first kappa shape index (κ1) is 14.3. The van der Waals surface area contributed by atoms with E-state index in [9.17, 15) is 13.6 Å². The van der Waals surface area contributed by atoms with Gasteiger partial charge in [0, 0.05) is 11.3 Å². The summed E-state index contributed by atoms with van der Waals surface area (Å²) in [7, 11) is 0. The summed E-state index contributed by atoms with van der Waals surface area (Å²) in [6.45, 7) is 0. The van der Waals surface area contributed by atoms with Crippen LogP contribution in [0.15, 0.2) is 34.1 Å². The average molecular weight is 345 g/mol. The Morgan fingerprint density at radius 3 is 2.74 bits per heavy atom. The molecule has 0 aliphatic carbocycles. The molecule has 0 N–H and O–H groups in total. The molecule has 0 unspecified atom stereocenters. The molecule has 5 heteroatoms. The van der Waals surface area contributed by atoms with Gasteiger partial charge in [0.25, 0.3) is 0 Å². The number of carbonyl (C=O) groups is 1. The van der Waals surface area contributed by atoms with Crippen LogP contribution in [0.2, 0.25) is 0 Å². The SMILES string of the molecule is O=C(CCCc1cccs1)c1c(F)ccc(Br)c1F. The summed E-state index contributed by atoms with van der Waals surface area (Å²) in [6, 6.07) is 6.28. The van der Waals surface area contributed by atoms with E-state index in [1.165, 1.54) is 10.9 Å². The Hall–Kier alpha value is -1.07. The number of rotatable bonds is 5. The first-order valence-electron chi connectivity index (χ1n) is 5.78. The molecular weight excluding hydrogens is 334 g/mol. The highest BCUT2D eigenvalue weighted by Crippen LogP contribution is 2.23. The molecule has 0 spiro atoms. The Balaban J connectivity index is 2.02. The zero-order valence-corrected chi connectivity index (χ0v) is 12.4. The predicted octanol–water partition coefficient (Wildman–Crippen LogP) is 4.99. The molecule has 0 bridgehead atoms. The zero-order valence-electron chi connectivity index (χ0n) is 9.96. The summed E-state index contributed by atoms with van der Waals surface area (Å²) in [4.78, 5) is 13.0. The number of hydrogen-bond donors (Lipinski definition) is 0. The van der Waals surface area contributed by atoms with Gasteiger partial charge in [-0.15, -0.1) is 11.3 Å². The Bertz CT molecular complexity index is 581. The lowest BCUT2D eigenvalue weighted by Gasteiger charge is -2.05. The largest absolute Gasteiger partial charge is 0.294 e. The van der Waals surface area contributed by atoms with Crippen molar-refractivity contribution < 1.29 is 13.6 Å². The van der Waals surface area contributed by atoms with E-state index in [-0.39, 0.29) is 10.9 Å². The standard InChI is InChI=1S/C14H11BrF2OS/c15-10-6-7-11(16)13(14(10)17)12(18)5-1-3-9-4-2-8-19-9/h2,4,6-8H,1,3,5H2. The van der Waals surface area contributed by atoms with Gasteiger partial charge in [0.1, 0.15) is 5.82 Å². The topological polar surface area (TPSA) is 17.1 Å². The maximum Gasteiger partial charge on any atom is 0.168 e. The van der Waals surface area contributed by atoms with Gasteiger partial charge in [-0.1, -0.05) is 6.07 Å². The van der Waals surface area contributed by atoms with Crippen LogP contribution in [0, 0.1) is 11.6 Å². The molecule has 100 valence electrons. The Morgan fingerprint density at radius 1 is 1.26 bits per heavy atom. The van der Waals surface area contributed by atoms with Crippen LogP contribution in [0.25, 0.3) is 0 Å². The van der Waals surface area contributed by atoms with Crippen LogP contribution in [0.1, 0.15) is 28.1 Å². The fraction of sp³-hybridized carbons (Fsp3) is 0.214. The summed E-state index contributed by atoms with van der Waals surface area (Å²) in [5, 5.41) is 1.96. The van der Waals surface area contributed by atoms with Crippen molar-refractivity contribution in [1.29, 1.82) is 0 Å². The molecule has 0 saturated carbocycles. The number of carbonyl (C=O) groups excluding carboxylic acids is 1. The average Bonchev–Trinajstić information content (AvgIpc) is 2.87. The van der Waals surface area contributed by atoms with E-state index in [4.69, 9.17) is 0 Å². The third kappa shape index (κ3) is 3.48. The molecular formula is C14H11BrF2OS. The number of benzene rings is 1. The minimum Gasteiger partial charge on any atom is -0.294 e. The van der Waals surface area contributed by atoms with Crippen molar-refractivity contribution in [1.82, 2.24) is 0 Å². The third-order valence-corrected chi connectivity index (χ3v) is 4.28. The second-order valence-corrected chi connectivity index (χ2v) is 5.96. The fourth-order valence-corrected chi connectivity index (χ4v) is 2.87. The van der Waals surface area contributed by atoms with Crippen LogP contribution in [0.5, 0.6) is 0 Å². The number of hydrogen-bond acceptors (Lipinski definition) is 2. The van der Waals surface area contributed by atoms with Gasteiger partial charge in [0.2, 0.25) is 0 Å². The van der Waals surface area contributed by atoms with Crippen molar-refractivity contribution >= 4 is 33.0 Å². The molecule has 1 aromatic carbocycles. The lowest BCUT2D eigenvalue weighted by atomic mass is 10.0. The lowest BCUT2D eigenvalue weighted by Crippen LogP contribution is -2.07. The summed E-state index contributed by atoms with van der Waals surface area (Å²) < 4.78 is 27.3. The van der Waals surface area contributed by atoms with E-state index < -0.39 is 23.0 Å². The summed E-state index contributed by atoms with van der Waals surface area (Å²) in [5.74, 6) is -2.11. The minimum absolute atomic E-state index is 0.107. The van der Waals surface area contributed by atoms with Gasteiger partial charge >= 0.3 is 0 Å². The van der Waals surface area contributed by atoms with Crippen LogP contribution in [-0.2, 0) is 6.42 Å². The number of ketones is 1. The van der Waals surface area contributed by atoms with Gasteiger partial charge in [-0.2, -0.15) is 0 Å². The maximum atomic E-state index is 13.7. The number of halogens is 3. The molecule has 1 aromatic heterocycles. The monoisotopic (exact) mass is 344 g/mol. The normalized spacial score (nSPS) is 10.7. The number of thiophene rings is 1. The highest BCUT2D eigenvalue weighted by molar-refractivity contribution is 9.10. The molecule has 19 heavy (non-hydrogen) atoms. The van der Waals surface area contributed by atoms with Crippen LogP contribution in [-0.4, -0.2) is 5.78 Å². The molecule has 2 rings (SSSR count). The molecule has 0 fully saturated rings. The van der Waals surface area contributed by atoms with Crippen molar-refractivity contribution in [3.05, 3.63) is 56.2 Å². The minimum atomic E-state index is -0.818. The van der Waals surface area contributed by atoms with E-state index in [1.54, 1.807) is 11.3 Å². The van der Waals surface area contributed by atoms with Gasteiger partial charge in [-0.05, 0) is 52.4 Å². The van der Waals surface area contributed by atoms with Gasteiger partial charge in [-0.3, -0.25) is 4.79 Å². The number of aryl methyl sites for hydroxylation is 1. The van der Waals surface area contributed by atoms with Gasteiger partial charge in [-0.25, -0.2) is 8.78 Å². The van der Waals surface area contributed by atoms with Crippen molar-refractivity contribution in [2.45, 2.75) is 19.3 Å². The molecule has 1 nitrogen and oxygen atoms in total. The number of Topliss-reactive ketones (excluding diaryl/α,β-unsaturated/α-hetero) is 1. The van der Waals surface area contributed by atoms with Crippen LogP contribution < -0.4 is 0 Å². The maximum absolute atomic E-state index is 13.7. The first-order valence-corrected chi connectivity index (χ1v) is 7.46. The summed E-state index contributed by atoms with van der Waals surface area (Å²) in [6.07, 6.45) is 1.48. The van der Waals surface area contributed by atoms with Gasteiger partial charge < -0.3 is 0 Å². The summed E-state index contributed by atoms with van der Waals surface area (Å²) >= 11 is 4.57. The Labute approximate surface area is 122 Å². The van der Waals surface area contributed by atoms with Crippen molar-refractivity contribution in [3.63, 3.8) is 0 Å². The van der Waals surface area contributed by atoms with Crippen LogP contribution >= 0.6 is 27.3 Å². The lowest BCUT2D eigenvalue weighted by molar-refractivity contribution is 0.0972. The van der Waals surface area contributed by atoms with Crippen molar-refractivity contribution in [3.8, 4) is 0 Å². The Morgan fingerprint density at radius 2 is 2.05 bits per heavy atom. The van der Waals surface area contributed by atoms with Crippen LogP contribution in [0.4, 0.5) is 8.78 Å². The molecule has 0 amide bonds. The van der Waals surface area contributed by atoms with Gasteiger partial charge in [0.15, 0.2) is 11.6 Å². The van der Waals surface area contributed by atoms with Crippen LogP contribution in [0.3, 0.4) is 0 Å². The van der Waals surface area contributed by atoms with E-state index in [1.807, 2.05) is 17.5 Å². The highest BCUT2D eigenvalue weighted by atomic mass is 79.9. The quantitative estimate of drug-likeness (QED) is 0.551. The fourth-order valence-electron chi connectivity index (χ4n) is 1.79. The molecule has 0 radical (unpaired) electrons. The van der Waals surface area contributed by atoms with Crippen molar-refractivity contribution in [2.75, 3.05) is 0 Å². The molecule has 1 heterocycles.